The maximum absolute atomic E-state index is 14.4. The predicted octanol–water partition coefficient (Wildman–Crippen LogP) is -5.87. The van der Waals surface area contributed by atoms with E-state index < -0.39 is 168 Å². The van der Waals surface area contributed by atoms with Crippen LogP contribution in [-0.4, -0.2) is 206 Å². The second-order valence-electron chi connectivity index (χ2n) is 20.1. The van der Waals surface area contributed by atoms with Crippen molar-refractivity contribution >= 4 is 102 Å². The van der Waals surface area contributed by atoms with Crippen molar-refractivity contribution in [1.82, 2.24) is 52.3 Å². The SMILES string of the molecule is CC[C@H](C)[C@H](NC(=O)[C@H](CO)NC(=O)[C@H](C)NC(=O)[C@@H](NC(=O)[C@H](CS)NC(=O)[C@@H](N)CC(C)C)[C@@H](C)O)C(=O)N1CCC[C@H]1C(=O)N1CCC[C@H]1C(=O)N[C@@H](CCC(N)=O)C(=O)N[C@@H](CS)C(=O)N[C@@H](CCC(N)=O)C(=O)O. The van der Waals surface area contributed by atoms with Gasteiger partial charge in [-0.2, -0.15) is 25.3 Å². The summed E-state index contributed by atoms with van der Waals surface area (Å²) in [4.78, 5) is 173. The van der Waals surface area contributed by atoms with Crippen LogP contribution in [0.25, 0.3) is 0 Å². The van der Waals surface area contributed by atoms with Crippen LogP contribution in [0.2, 0.25) is 0 Å². The number of aliphatic hydroxyl groups excluding tert-OH is 2. The van der Waals surface area contributed by atoms with Crippen molar-refractivity contribution in [2.24, 2.45) is 29.0 Å². The Hall–Kier alpha value is -6.31. The van der Waals surface area contributed by atoms with Gasteiger partial charge in [-0.15, -0.1) is 0 Å². The molecule has 0 aromatic carbocycles. The number of nitrogens with two attached hydrogens (primary N) is 3. The van der Waals surface area contributed by atoms with Gasteiger partial charge in [0, 0.05) is 37.4 Å². The average molecular weight is 1160 g/mol. The number of carboxylic acid groups (broad SMARTS) is 1. The van der Waals surface area contributed by atoms with Crippen LogP contribution < -0.4 is 59.7 Å². The molecule has 31 heteroatoms. The van der Waals surface area contributed by atoms with E-state index in [9.17, 15) is 77.6 Å². The maximum Gasteiger partial charge on any atom is 0.326 e. The zero-order valence-electron chi connectivity index (χ0n) is 45.4. The molecule has 0 spiro atoms. The van der Waals surface area contributed by atoms with Crippen LogP contribution in [0, 0.1) is 11.8 Å². The molecular formula is C48H81N13O16S2. The monoisotopic (exact) mass is 1160 g/mol. The first-order valence-electron chi connectivity index (χ1n) is 26.1. The fourth-order valence-corrected chi connectivity index (χ4v) is 9.12. The molecule has 0 bridgehead atoms. The molecule has 2 saturated heterocycles. The zero-order chi connectivity index (χ0) is 60.0. The molecule has 0 saturated carbocycles. The number of rotatable bonds is 33. The molecule has 0 unspecified atom stereocenters. The molecule has 29 nitrogen and oxygen atoms in total. The number of hydrogen-bond donors (Lipinski definition) is 16. The van der Waals surface area contributed by atoms with Crippen molar-refractivity contribution in [3.05, 3.63) is 0 Å². The summed E-state index contributed by atoms with van der Waals surface area (Å²) < 4.78 is 0. The van der Waals surface area contributed by atoms with E-state index in [-0.39, 0.29) is 62.6 Å². The molecule has 17 N–H and O–H groups in total. The number of carbonyl (C=O) groups excluding carboxylic acids is 12. The van der Waals surface area contributed by atoms with Gasteiger partial charge in [-0.25, -0.2) is 4.79 Å². The van der Waals surface area contributed by atoms with Crippen LogP contribution >= 0.6 is 25.3 Å². The lowest BCUT2D eigenvalue weighted by Crippen LogP contribution is -2.62. The number of thiol groups is 2. The van der Waals surface area contributed by atoms with Crippen LogP contribution in [0.4, 0.5) is 0 Å². The van der Waals surface area contributed by atoms with E-state index in [0.717, 1.165) is 0 Å². The van der Waals surface area contributed by atoms with E-state index in [0.29, 0.717) is 25.7 Å². The van der Waals surface area contributed by atoms with Crippen molar-refractivity contribution in [3.63, 3.8) is 0 Å². The van der Waals surface area contributed by atoms with Crippen LogP contribution in [0.3, 0.4) is 0 Å². The molecule has 2 fully saturated rings. The summed E-state index contributed by atoms with van der Waals surface area (Å²) in [6.07, 6.45) is -1.37. The van der Waals surface area contributed by atoms with Crippen LogP contribution in [0.1, 0.15) is 106 Å². The molecule has 79 heavy (non-hydrogen) atoms. The van der Waals surface area contributed by atoms with E-state index in [2.05, 4.69) is 67.8 Å². The van der Waals surface area contributed by atoms with E-state index in [4.69, 9.17) is 17.2 Å². The Morgan fingerprint density at radius 3 is 1.56 bits per heavy atom. The number of nitrogens with one attached hydrogen (secondary N) is 8. The van der Waals surface area contributed by atoms with Crippen LogP contribution in [-0.2, 0) is 62.3 Å². The van der Waals surface area contributed by atoms with Gasteiger partial charge in [-0.1, -0.05) is 34.1 Å². The van der Waals surface area contributed by atoms with Gasteiger partial charge in [0.25, 0.3) is 0 Å². The van der Waals surface area contributed by atoms with Crippen molar-refractivity contribution in [2.75, 3.05) is 31.2 Å². The lowest BCUT2D eigenvalue weighted by Gasteiger charge is -2.35. The Balaban J connectivity index is 2.21. The van der Waals surface area contributed by atoms with Gasteiger partial charge in [-0.3, -0.25) is 57.5 Å². The quantitative estimate of drug-likeness (QED) is 0.0272. The summed E-state index contributed by atoms with van der Waals surface area (Å²) in [5.74, 6) is -12.8. The van der Waals surface area contributed by atoms with E-state index in [1.54, 1.807) is 13.8 Å². The number of aliphatic hydroxyl groups is 2. The first kappa shape index (κ1) is 68.8. The third-order valence-corrected chi connectivity index (χ3v) is 14.1. The second-order valence-corrected chi connectivity index (χ2v) is 20.9. The first-order valence-corrected chi connectivity index (χ1v) is 27.4. The molecule has 0 radical (unpaired) electrons. The third kappa shape index (κ3) is 21.4. The molecule has 446 valence electrons. The Morgan fingerprint density at radius 1 is 0.582 bits per heavy atom. The average Bonchev–Trinajstić information content (AvgIpc) is 4.11. The second kappa shape index (κ2) is 33.3. The molecule has 0 aromatic heterocycles. The lowest BCUT2D eigenvalue weighted by atomic mass is 9.96. The molecular weight excluding hydrogens is 1080 g/mol. The van der Waals surface area contributed by atoms with Crippen molar-refractivity contribution in [2.45, 2.75) is 178 Å². The highest BCUT2D eigenvalue weighted by atomic mass is 32.1. The fourth-order valence-electron chi connectivity index (χ4n) is 8.61. The lowest BCUT2D eigenvalue weighted by molar-refractivity contribution is -0.149. The smallest absolute Gasteiger partial charge is 0.326 e. The summed E-state index contributed by atoms with van der Waals surface area (Å²) in [6.45, 7) is 8.68. The van der Waals surface area contributed by atoms with Gasteiger partial charge in [0.1, 0.15) is 60.4 Å². The molecule has 2 aliphatic heterocycles. The minimum atomic E-state index is -1.68. The van der Waals surface area contributed by atoms with Gasteiger partial charge in [-0.05, 0) is 70.6 Å². The fraction of sp³-hybridized carbons (Fsp3) is 0.729. The molecule has 0 aromatic rings. The summed E-state index contributed by atoms with van der Waals surface area (Å²) in [5.41, 5.74) is 16.4. The maximum atomic E-state index is 14.4. The molecule has 2 heterocycles. The minimum absolute atomic E-state index is 0.0665. The molecule has 2 aliphatic rings. The number of carbonyl (C=O) groups is 13. The Labute approximate surface area is 469 Å². The van der Waals surface area contributed by atoms with Gasteiger partial charge >= 0.3 is 5.97 Å². The van der Waals surface area contributed by atoms with E-state index in [1.165, 1.54) is 23.6 Å². The summed E-state index contributed by atoms with van der Waals surface area (Å²) in [7, 11) is 0. The highest BCUT2D eigenvalue weighted by molar-refractivity contribution is 7.80. The Kier molecular flexibility index (Phi) is 29.0. The van der Waals surface area contributed by atoms with E-state index in [1.807, 2.05) is 13.8 Å². The number of aliphatic carboxylic acids is 1. The van der Waals surface area contributed by atoms with Crippen molar-refractivity contribution in [3.8, 4) is 0 Å². The molecule has 2 rings (SSSR count). The normalized spacial score (nSPS) is 19.3. The number of carboxylic acids is 1. The summed E-state index contributed by atoms with van der Waals surface area (Å²) >= 11 is 8.20. The van der Waals surface area contributed by atoms with Gasteiger partial charge in [0.15, 0.2) is 0 Å². The largest absolute Gasteiger partial charge is 0.480 e. The van der Waals surface area contributed by atoms with Crippen LogP contribution in [0.5, 0.6) is 0 Å². The topological polar surface area (TPSA) is 463 Å². The highest BCUT2D eigenvalue weighted by Gasteiger charge is 2.45. The minimum Gasteiger partial charge on any atom is -0.480 e. The Bertz CT molecular complexity index is 2210. The predicted molar refractivity (Wildman–Crippen MR) is 288 cm³/mol. The molecule has 12 amide bonds. The van der Waals surface area contributed by atoms with Crippen molar-refractivity contribution in [1.29, 1.82) is 0 Å². The highest BCUT2D eigenvalue weighted by Crippen LogP contribution is 2.27. The summed E-state index contributed by atoms with van der Waals surface area (Å²) in [6, 6.07) is -15.1. The van der Waals surface area contributed by atoms with Gasteiger partial charge < -0.3 is 84.9 Å². The number of amides is 12. The number of nitrogens with zero attached hydrogens (tertiary/aromatic N) is 2. The van der Waals surface area contributed by atoms with Crippen molar-refractivity contribution < 1.29 is 77.6 Å². The summed E-state index contributed by atoms with van der Waals surface area (Å²) in [5, 5.41) is 49.4. The molecule has 13 atom stereocenters. The van der Waals surface area contributed by atoms with Crippen LogP contribution in [0.15, 0.2) is 0 Å². The van der Waals surface area contributed by atoms with E-state index >= 15 is 0 Å². The molecule has 0 aliphatic carbocycles. The number of hydrogen-bond acceptors (Lipinski definition) is 18. The standard InChI is InChI=1S/C48H81N13O16S2/c1-7-23(4)36(58-41(69)29(19-62)55-38(66)24(5)52-45(73)37(25(6)63)59-43(71)31(21-79)56-39(67)26(49)18-22(2)3)47(75)61-17-9-11-33(61)46(74)60-16-8-10-32(60)44(72)53-27(12-14-34(50)64)40(68)57-30(20-78)42(70)54-28(48(76)77)13-15-35(51)65/h22-33,36-37,62-63,78-79H,7-21,49H2,1-6H3,(H2,50,64)(H2,51,65)(H,52,73)(H,53,72)(H,54,70)(H,55,66)(H,56,67)(H,57,68)(H,58,69)(H,59,71)(H,76,77)/t23-,24-,25+,26-,27-,28-,29-,30-,31-,32-,33-,36-,37-/m0/s1. The Morgan fingerprint density at radius 2 is 1.05 bits per heavy atom. The van der Waals surface area contributed by atoms with Gasteiger partial charge in [0.2, 0.25) is 70.9 Å². The number of likely N-dealkylation sites (tertiary alicyclic amines) is 2. The zero-order valence-corrected chi connectivity index (χ0v) is 47.1. The third-order valence-electron chi connectivity index (χ3n) is 13.4. The number of primary amides is 2. The van der Waals surface area contributed by atoms with Gasteiger partial charge in [0.05, 0.1) is 18.8 Å². The first-order chi connectivity index (χ1) is 37.0.